The predicted molar refractivity (Wildman–Crippen MR) is 82.5 cm³/mol. The third-order valence-electron chi connectivity index (χ3n) is 2.65. The Kier molecular flexibility index (Phi) is 4.57. The van der Waals surface area contributed by atoms with Gasteiger partial charge in [-0.25, -0.2) is 4.79 Å². The average Bonchev–Trinajstić information content (AvgIpc) is 2.85. The van der Waals surface area contributed by atoms with Gasteiger partial charge in [0.25, 0.3) is 5.91 Å². The second-order valence-electron chi connectivity index (χ2n) is 4.09. The molecule has 0 aliphatic carbocycles. The van der Waals surface area contributed by atoms with Crippen molar-refractivity contribution in [2.75, 3.05) is 12.4 Å². The first-order chi connectivity index (χ1) is 9.52. The molecule has 1 heterocycles. The van der Waals surface area contributed by atoms with Crippen LogP contribution in [0.25, 0.3) is 0 Å². The molecule has 1 aromatic heterocycles. The topological polar surface area (TPSA) is 55.4 Å². The molecule has 1 aromatic carbocycles. The second kappa shape index (κ2) is 6.19. The molecule has 0 fully saturated rings. The Morgan fingerprint density at radius 1 is 1.30 bits per heavy atom. The van der Waals surface area contributed by atoms with Crippen molar-refractivity contribution in [3.63, 3.8) is 0 Å². The summed E-state index contributed by atoms with van der Waals surface area (Å²) < 4.78 is 5.39. The Balaban J connectivity index is 2.24. The Labute approximate surface area is 128 Å². The van der Waals surface area contributed by atoms with E-state index >= 15 is 0 Å². The number of benzene rings is 1. The largest absolute Gasteiger partial charge is 0.465 e. The van der Waals surface area contributed by atoms with Crippen LogP contribution in [0.2, 0.25) is 0 Å². The summed E-state index contributed by atoms with van der Waals surface area (Å²) >= 11 is 4.59. The smallest absolute Gasteiger partial charge is 0.350 e. The second-order valence-corrected chi connectivity index (χ2v) is 5.86. The number of amides is 1. The maximum Gasteiger partial charge on any atom is 0.350 e. The molecule has 0 spiro atoms. The Morgan fingerprint density at radius 3 is 2.70 bits per heavy atom. The van der Waals surface area contributed by atoms with E-state index in [0.717, 1.165) is 5.56 Å². The zero-order chi connectivity index (χ0) is 14.7. The normalized spacial score (nSPS) is 10.2. The molecule has 0 saturated heterocycles. The van der Waals surface area contributed by atoms with Gasteiger partial charge in [-0.1, -0.05) is 6.07 Å². The molecule has 0 bridgehead atoms. The summed E-state index contributed by atoms with van der Waals surface area (Å²) in [6, 6.07) is 7.13. The highest BCUT2D eigenvalue weighted by Gasteiger charge is 2.17. The van der Waals surface area contributed by atoms with Gasteiger partial charge in [-0.2, -0.15) is 0 Å². The van der Waals surface area contributed by atoms with Crippen molar-refractivity contribution in [1.82, 2.24) is 0 Å². The standard InChI is InChI=1S/C14H12BrNO3S/c1-8-3-4-9(10(15)7-8)13(17)16-11-5-6-20-12(11)14(18)19-2/h3-7H,1-2H3,(H,16,17). The Hall–Kier alpha value is -1.66. The number of halogens is 1. The van der Waals surface area contributed by atoms with Gasteiger partial charge in [0.15, 0.2) is 0 Å². The van der Waals surface area contributed by atoms with Gasteiger partial charge < -0.3 is 10.1 Å². The quantitative estimate of drug-likeness (QED) is 0.852. The van der Waals surface area contributed by atoms with Crippen molar-refractivity contribution in [2.45, 2.75) is 6.92 Å². The van der Waals surface area contributed by atoms with Crippen LogP contribution in [0.15, 0.2) is 34.1 Å². The number of nitrogens with one attached hydrogen (secondary N) is 1. The number of thiophene rings is 1. The fraction of sp³-hybridized carbons (Fsp3) is 0.143. The van der Waals surface area contributed by atoms with E-state index in [4.69, 9.17) is 0 Å². The minimum Gasteiger partial charge on any atom is -0.465 e. The van der Waals surface area contributed by atoms with Crippen LogP contribution >= 0.6 is 27.3 Å². The van der Waals surface area contributed by atoms with Gasteiger partial charge >= 0.3 is 5.97 Å². The van der Waals surface area contributed by atoms with Crippen molar-refractivity contribution in [2.24, 2.45) is 0 Å². The van der Waals surface area contributed by atoms with Crippen LogP contribution in [0.5, 0.6) is 0 Å². The first-order valence-electron chi connectivity index (χ1n) is 5.76. The molecule has 1 N–H and O–H groups in total. The molecule has 0 saturated carbocycles. The summed E-state index contributed by atoms with van der Waals surface area (Å²) in [5.74, 6) is -0.737. The van der Waals surface area contributed by atoms with Crippen molar-refractivity contribution in [3.05, 3.63) is 50.1 Å². The van der Waals surface area contributed by atoms with Crippen LogP contribution in [0, 0.1) is 6.92 Å². The fourth-order valence-corrected chi connectivity index (χ4v) is 3.09. The first kappa shape index (κ1) is 14.7. The zero-order valence-electron chi connectivity index (χ0n) is 10.9. The van der Waals surface area contributed by atoms with Crippen LogP contribution in [-0.2, 0) is 4.74 Å². The van der Waals surface area contributed by atoms with E-state index in [2.05, 4.69) is 26.0 Å². The van der Waals surface area contributed by atoms with E-state index in [-0.39, 0.29) is 5.91 Å². The highest BCUT2D eigenvalue weighted by Crippen LogP contribution is 2.25. The molecule has 2 aromatic rings. The molecule has 0 unspecified atom stereocenters. The summed E-state index contributed by atoms with van der Waals surface area (Å²) in [6.45, 7) is 1.95. The number of hydrogen-bond acceptors (Lipinski definition) is 4. The molecular formula is C14H12BrNO3S. The number of rotatable bonds is 3. The summed E-state index contributed by atoms with van der Waals surface area (Å²) in [7, 11) is 1.31. The van der Waals surface area contributed by atoms with Gasteiger partial charge in [-0.15, -0.1) is 11.3 Å². The number of ether oxygens (including phenoxy) is 1. The first-order valence-corrected chi connectivity index (χ1v) is 7.43. The molecule has 0 aliphatic heterocycles. The van der Waals surface area contributed by atoms with Gasteiger partial charge in [-0.3, -0.25) is 4.79 Å². The number of esters is 1. The van der Waals surface area contributed by atoms with Crippen molar-refractivity contribution in [1.29, 1.82) is 0 Å². The lowest BCUT2D eigenvalue weighted by atomic mass is 10.1. The molecule has 104 valence electrons. The van der Waals surface area contributed by atoms with E-state index in [0.29, 0.717) is 20.6 Å². The molecule has 0 atom stereocenters. The van der Waals surface area contributed by atoms with Crippen LogP contribution < -0.4 is 5.32 Å². The van der Waals surface area contributed by atoms with E-state index in [9.17, 15) is 9.59 Å². The van der Waals surface area contributed by atoms with Gasteiger partial charge in [0, 0.05) is 4.47 Å². The minimum atomic E-state index is -0.460. The molecule has 2 rings (SSSR count). The lowest BCUT2D eigenvalue weighted by Gasteiger charge is -2.07. The Bertz CT molecular complexity index is 666. The van der Waals surface area contributed by atoms with Gasteiger partial charge in [0.2, 0.25) is 0 Å². The summed E-state index contributed by atoms with van der Waals surface area (Å²) in [6.07, 6.45) is 0. The monoisotopic (exact) mass is 353 g/mol. The lowest BCUT2D eigenvalue weighted by Crippen LogP contribution is -2.14. The average molecular weight is 354 g/mol. The van der Waals surface area contributed by atoms with Gasteiger partial charge in [0.05, 0.1) is 18.4 Å². The SMILES string of the molecule is COC(=O)c1sccc1NC(=O)c1ccc(C)cc1Br. The molecule has 20 heavy (non-hydrogen) atoms. The minimum absolute atomic E-state index is 0.277. The van der Waals surface area contributed by atoms with Crippen LogP contribution in [0.3, 0.4) is 0 Å². The summed E-state index contributed by atoms with van der Waals surface area (Å²) in [4.78, 5) is 24.2. The maximum atomic E-state index is 12.2. The lowest BCUT2D eigenvalue weighted by molar-refractivity contribution is 0.0607. The van der Waals surface area contributed by atoms with Crippen LogP contribution in [0.1, 0.15) is 25.6 Å². The third-order valence-corrected chi connectivity index (χ3v) is 4.20. The molecule has 0 radical (unpaired) electrons. The number of anilines is 1. The number of aryl methyl sites for hydroxylation is 1. The van der Waals surface area contributed by atoms with Crippen LogP contribution in [0.4, 0.5) is 5.69 Å². The van der Waals surface area contributed by atoms with Gasteiger partial charge in [-0.05, 0) is 52.0 Å². The van der Waals surface area contributed by atoms with Gasteiger partial charge in [0.1, 0.15) is 4.88 Å². The molecule has 4 nitrogen and oxygen atoms in total. The fourth-order valence-electron chi connectivity index (χ4n) is 1.65. The van der Waals surface area contributed by atoms with Crippen LogP contribution in [-0.4, -0.2) is 19.0 Å². The van der Waals surface area contributed by atoms with Crippen molar-refractivity contribution in [3.8, 4) is 0 Å². The number of carbonyl (C=O) groups excluding carboxylic acids is 2. The van der Waals surface area contributed by atoms with E-state index < -0.39 is 5.97 Å². The number of hydrogen-bond donors (Lipinski definition) is 1. The number of methoxy groups -OCH3 is 1. The molecular weight excluding hydrogens is 342 g/mol. The number of carbonyl (C=O) groups is 2. The zero-order valence-corrected chi connectivity index (χ0v) is 13.3. The van der Waals surface area contributed by atoms with E-state index in [1.807, 2.05) is 19.1 Å². The predicted octanol–water partition coefficient (Wildman–Crippen LogP) is 3.86. The molecule has 6 heteroatoms. The maximum absolute atomic E-state index is 12.2. The summed E-state index contributed by atoms with van der Waals surface area (Å²) in [5.41, 5.74) is 2.02. The molecule has 1 amide bonds. The van der Waals surface area contributed by atoms with E-state index in [1.54, 1.807) is 17.5 Å². The Morgan fingerprint density at radius 2 is 2.05 bits per heavy atom. The third kappa shape index (κ3) is 3.08. The highest BCUT2D eigenvalue weighted by atomic mass is 79.9. The highest BCUT2D eigenvalue weighted by molar-refractivity contribution is 9.10. The molecule has 0 aliphatic rings. The van der Waals surface area contributed by atoms with E-state index in [1.165, 1.54) is 18.4 Å². The van der Waals surface area contributed by atoms with Crippen molar-refractivity contribution >= 4 is 44.8 Å². The van der Waals surface area contributed by atoms with Crippen molar-refractivity contribution < 1.29 is 14.3 Å². The summed E-state index contributed by atoms with van der Waals surface area (Å²) in [5, 5.41) is 4.45.